The molecule has 0 spiro atoms. The van der Waals surface area contributed by atoms with Gasteiger partial charge in [0.05, 0.1) is 16.3 Å². The molecular formula is C19H20FN3O3S. The minimum Gasteiger partial charge on any atom is -0.368 e. The highest BCUT2D eigenvalue weighted by Crippen LogP contribution is 2.38. The largest absolute Gasteiger partial charge is 0.368 e. The highest BCUT2D eigenvalue weighted by molar-refractivity contribution is 7.90. The molecule has 2 aromatic rings. The van der Waals surface area contributed by atoms with E-state index in [0.29, 0.717) is 22.5 Å². The summed E-state index contributed by atoms with van der Waals surface area (Å²) in [5.41, 5.74) is 10.2. The maximum absolute atomic E-state index is 13.3. The number of hydrogen-bond acceptors (Lipinski definition) is 5. The highest BCUT2D eigenvalue weighted by Gasteiger charge is 2.44. The molecule has 1 atom stereocenters. The number of sulfone groups is 1. The van der Waals surface area contributed by atoms with Crippen LogP contribution in [0.15, 0.2) is 59.0 Å². The third-order valence-electron chi connectivity index (χ3n) is 4.80. The predicted molar refractivity (Wildman–Crippen MR) is 102 cm³/mol. The number of rotatable bonds is 4. The molecule has 3 N–H and O–H groups in total. The molecule has 0 aromatic heterocycles. The SMILES string of the molecule is CC1=C(c2ccc(S(C)(=O)=O)cc2)N(c2ccc(F)cc2)NC1(C)C(N)=O. The molecule has 0 radical (unpaired) electrons. The summed E-state index contributed by atoms with van der Waals surface area (Å²) >= 11 is 0. The first kappa shape index (κ1) is 19.1. The Balaban J connectivity index is 2.15. The lowest BCUT2D eigenvalue weighted by atomic mass is 9.91. The molecule has 2 aromatic carbocycles. The van der Waals surface area contributed by atoms with Crippen molar-refractivity contribution >= 4 is 27.1 Å². The topological polar surface area (TPSA) is 92.5 Å². The van der Waals surface area contributed by atoms with Gasteiger partial charge in [0, 0.05) is 6.26 Å². The Morgan fingerprint density at radius 3 is 2.15 bits per heavy atom. The second-order valence-electron chi connectivity index (χ2n) is 6.68. The number of hydrazine groups is 1. The number of halogens is 1. The van der Waals surface area contributed by atoms with Crippen molar-refractivity contribution in [2.45, 2.75) is 24.3 Å². The Bertz CT molecular complexity index is 1030. The van der Waals surface area contributed by atoms with Gasteiger partial charge in [0.25, 0.3) is 0 Å². The molecule has 1 amide bonds. The molecule has 1 heterocycles. The fraction of sp³-hybridized carbons (Fsp3) is 0.211. The smallest absolute Gasteiger partial charge is 0.243 e. The van der Waals surface area contributed by atoms with Crippen molar-refractivity contribution in [3.63, 3.8) is 0 Å². The molecule has 6 nitrogen and oxygen atoms in total. The number of carbonyl (C=O) groups is 1. The van der Waals surface area contributed by atoms with E-state index in [1.54, 1.807) is 43.1 Å². The summed E-state index contributed by atoms with van der Waals surface area (Å²) in [4.78, 5) is 12.3. The normalized spacial score (nSPS) is 20.2. The third kappa shape index (κ3) is 3.33. The summed E-state index contributed by atoms with van der Waals surface area (Å²) in [6.45, 7) is 3.44. The van der Waals surface area contributed by atoms with Gasteiger partial charge in [0.1, 0.15) is 11.4 Å². The molecule has 0 saturated heterocycles. The van der Waals surface area contributed by atoms with Gasteiger partial charge in [0.15, 0.2) is 9.84 Å². The minimum absolute atomic E-state index is 0.196. The van der Waals surface area contributed by atoms with Crippen LogP contribution in [-0.2, 0) is 14.6 Å². The van der Waals surface area contributed by atoms with Crippen molar-refractivity contribution in [2.24, 2.45) is 5.73 Å². The molecule has 142 valence electrons. The van der Waals surface area contributed by atoms with E-state index in [9.17, 15) is 17.6 Å². The number of benzene rings is 2. The molecule has 0 aliphatic carbocycles. The molecule has 27 heavy (non-hydrogen) atoms. The quantitative estimate of drug-likeness (QED) is 0.837. The van der Waals surface area contributed by atoms with Crippen LogP contribution >= 0.6 is 0 Å². The summed E-state index contributed by atoms with van der Waals surface area (Å²) in [5.74, 6) is -0.940. The number of carbonyl (C=O) groups excluding carboxylic acids is 1. The molecule has 0 fully saturated rings. The van der Waals surface area contributed by atoms with Crippen LogP contribution < -0.4 is 16.2 Å². The summed E-state index contributed by atoms with van der Waals surface area (Å²) in [6.07, 6.45) is 1.14. The van der Waals surface area contributed by atoms with Gasteiger partial charge < -0.3 is 5.73 Å². The van der Waals surface area contributed by atoms with E-state index in [2.05, 4.69) is 5.43 Å². The first-order valence-corrected chi connectivity index (χ1v) is 10.1. The molecule has 0 bridgehead atoms. The van der Waals surface area contributed by atoms with E-state index in [4.69, 9.17) is 5.73 Å². The molecule has 1 aliphatic heterocycles. The molecular weight excluding hydrogens is 369 g/mol. The van der Waals surface area contributed by atoms with Crippen LogP contribution in [0.5, 0.6) is 0 Å². The Morgan fingerprint density at radius 1 is 1.11 bits per heavy atom. The summed E-state index contributed by atoms with van der Waals surface area (Å²) in [7, 11) is -3.32. The lowest BCUT2D eigenvalue weighted by molar-refractivity contribution is -0.122. The fourth-order valence-electron chi connectivity index (χ4n) is 3.00. The van der Waals surface area contributed by atoms with Gasteiger partial charge in [-0.05, 0) is 61.4 Å². The van der Waals surface area contributed by atoms with Gasteiger partial charge in [-0.25, -0.2) is 18.2 Å². The van der Waals surface area contributed by atoms with Crippen LogP contribution in [0.3, 0.4) is 0 Å². The zero-order valence-electron chi connectivity index (χ0n) is 15.2. The molecule has 0 saturated carbocycles. The van der Waals surface area contributed by atoms with E-state index in [1.165, 1.54) is 24.3 Å². The van der Waals surface area contributed by atoms with E-state index in [1.807, 2.05) is 0 Å². The van der Waals surface area contributed by atoms with Gasteiger partial charge in [-0.3, -0.25) is 9.80 Å². The van der Waals surface area contributed by atoms with Crippen LogP contribution in [0, 0.1) is 5.82 Å². The number of nitrogens with one attached hydrogen (secondary N) is 1. The summed E-state index contributed by atoms with van der Waals surface area (Å²) in [6, 6.07) is 12.1. The van der Waals surface area contributed by atoms with E-state index < -0.39 is 21.3 Å². The second kappa shape index (κ2) is 6.47. The predicted octanol–water partition coefficient (Wildman–Crippen LogP) is 2.23. The monoisotopic (exact) mass is 389 g/mol. The lowest BCUT2D eigenvalue weighted by Gasteiger charge is -2.27. The van der Waals surface area contributed by atoms with Gasteiger partial charge in [-0.1, -0.05) is 12.1 Å². The summed E-state index contributed by atoms with van der Waals surface area (Å²) < 4.78 is 36.7. The van der Waals surface area contributed by atoms with E-state index in [0.717, 1.165) is 6.26 Å². The fourth-order valence-corrected chi connectivity index (χ4v) is 3.63. The maximum Gasteiger partial charge on any atom is 0.243 e. The van der Waals surface area contributed by atoms with Crippen LogP contribution in [0.25, 0.3) is 5.70 Å². The molecule has 8 heteroatoms. The number of nitrogens with zero attached hydrogens (tertiary/aromatic N) is 1. The summed E-state index contributed by atoms with van der Waals surface area (Å²) in [5, 5.41) is 1.66. The van der Waals surface area contributed by atoms with Crippen LogP contribution in [0.2, 0.25) is 0 Å². The standard InChI is InChI=1S/C19H20FN3O3S/c1-12-17(13-4-10-16(11-5-13)27(3,25)26)23(22-19(12,2)18(21)24)15-8-6-14(20)7-9-15/h4-11,22H,1-3H3,(H2,21,24). The average Bonchev–Trinajstić information content (AvgIpc) is 2.88. The van der Waals surface area contributed by atoms with Crippen LogP contribution in [-0.4, -0.2) is 26.1 Å². The Morgan fingerprint density at radius 2 is 1.67 bits per heavy atom. The zero-order chi connectivity index (χ0) is 20.0. The first-order valence-electron chi connectivity index (χ1n) is 8.19. The third-order valence-corrected chi connectivity index (χ3v) is 5.93. The Kier molecular flexibility index (Phi) is 4.57. The van der Waals surface area contributed by atoms with Crippen molar-refractivity contribution in [3.8, 4) is 0 Å². The van der Waals surface area contributed by atoms with Crippen molar-refractivity contribution in [2.75, 3.05) is 11.3 Å². The number of anilines is 1. The number of hydrogen-bond donors (Lipinski definition) is 2. The Labute approximate surface area is 157 Å². The minimum atomic E-state index is -3.32. The van der Waals surface area contributed by atoms with Gasteiger partial charge in [0.2, 0.25) is 5.91 Å². The Hall–Kier alpha value is -2.71. The molecule has 1 unspecified atom stereocenters. The van der Waals surface area contributed by atoms with Gasteiger partial charge in [-0.2, -0.15) is 0 Å². The maximum atomic E-state index is 13.3. The molecule has 1 aliphatic rings. The van der Waals surface area contributed by atoms with Crippen LogP contribution in [0.4, 0.5) is 10.1 Å². The number of primary amides is 1. The first-order chi connectivity index (χ1) is 12.5. The lowest BCUT2D eigenvalue weighted by Crippen LogP contribution is -2.54. The van der Waals surface area contributed by atoms with Crippen molar-refractivity contribution in [1.29, 1.82) is 0 Å². The highest BCUT2D eigenvalue weighted by atomic mass is 32.2. The molecule has 3 rings (SSSR count). The number of amides is 1. The van der Waals surface area contributed by atoms with E-state index in [-0.39, 0.29) is 10.7 Å². The van der Waals surface area contributed by atoms with E-state index >= 15 is 0 Å². The van der Waals surface area contributed by atoms with Crippen molar-refractivity contribution in [1.82, 2.24) is 5.43 Å². The van der Waals surface area contributed by atoms with Crippen molar-refractivity contribution < 1.29 is 17.6 Å². The van der Waals surface area contributed by atoms with Crippen LogP contribution in [0.1, 0.15) is 19.4 Å². The van der Waals surface area contributed by atoms with Gasteiger partial charge in [-0.15, -0.1) is 0 Å². The van der Waals surface area contributed by atoms with Gasteiger partial charge >= 0.3 is 0 Å². The zero-order valence-corrected chi connectivity index (χ0v) is 16.0. The van der Waals surface area contributed by atoms with Crippen molar-refractivity contribution in [3.05, 3.63) is 65.5 Å². The average molecular weight is 389 g/mol. The second-order valence-corrected chi connectivity index (χ2v) is 8.70. The number of nitrogens with two attached hydrogens (primary N) is 1.